The van der Waals surface area contributed by atoms with Gasteiger partial charge in [-0.1, -0.05) is 60.7 Å². The second-order valence-electron chi connectivity index (χ2n) is 5.01. The summed E-state index contributed by atoms with van der Waals surface area (Å²) in [5.41, 5.74) is 4.17. The Hall–Kier alpha value is -2.48. The van der Waals surface area contributed by atoms with Crippen LogP contribution in [0.2, 0.25) is 0 Å². The smallest absolute Gasteiger partial charge is 0.160 e. The molecule has 0 atom stereocenters. The molecule has 0 unspecified atom stereocenters. The molecule has 3 aromatic rings. The molecule has 0 bridgehead atoms. The average Bonchev–Trinajstić information content (AvgIpc) is 2.47. The highest BCUT2D eigenvalue weighted by Gasteiger charge is 2.08. The fraction of sp³-hybridized carbons (Fsp3) is 0.111. The molecule has 0 aliphatic heterocycles. The fourth-order valence-electron chi connectivity index (χ4n) is 2.28. The lowest BCUT2D eigenvalue weighted by Crippen LogP contribution is -1.98. The normalized spacial score (nSPS) is 10.7. The monoisotopic (exact) mass is 260 g/mol. The van der Waals surface area contributed by atoms with Gasteiger partial charge in [-0.15, -0.1) is 0 Å². The first kappa shape index (κ1) is 12.5. The predicted molar refractivity (Wildman–Crippen MR) is 83.5 cm³/mol. The molecule has 2 aromatic carbocycles. The first-order valence-corrected chi connectivity index (χ1v) is 6.69. The fourth-order valence-corrected chi connectivity index (χ4v) is 2.28. The van der Waals surface area contributed by atoms with Gasteiger partial charge in [-0.05, 0) is 13.0 Å². The van der Waals surface area contributed by atoms with Gasteiger partial charge in [0.1, 0.15) is 0 Å². The first-order valence-electron chi connectivity index (χ1n) is 6.69. The highest BCUT2D eigenvalue weighted by molar-refractivity contribution is 5.83. The number of hydrogen-bond donors (Lipinski definition) is 0. The summed E-state index contributed by atoms with van der Waals surface area (Å²) in [7, 11) is 0. The van der Waals surface area contributed by atoms with Crippen molar-refractivity contribution in [1.29, 1.82) is 0 Å². The van der Waals surface area contributed by atoms with Gasteiger partial charge < -0.3 is 0 Å². The summed E-state index contributed by atoms with van der Waals surface area (Å²) in [6.45, 7) is 6.03. The van der Waals surface area contributed by atoms with E-state index in [2.05, 4.69) is 17.6 Å². The van der Waals surface area contributed by atoms with Crippen LogP contribution in [0.1, 0.15) is 12.6 Å². The van der Waals surface area contributed by atoms with Crippen LogP contribution in [0.3, 0.4) is 0 Å². The summed E-state index contributed by atoms with van der Waals surface area (Å²) in [6, 6.07) is 18.2. The largest absolute Gasteiger partial charge is 0.232 e. The maximum atomic E-state index is 4.74. The van der Waals surface area contributed by atoms with E-state index in [1.54, 1.807) is 0 Å². The van der Waals surface area contributed by atoms with E-state index in [1.807, 2.05) is 55.5 Å². The highest BCUT2D eigenvalue weighted by Crippen LogP contribution is 2.22. The summed E-state index contributed by atoms with van der Waals surface area (Å²) >= 11 is 0. The van der Waals surface area contributed by atoms with Gasteiger partial charge in [0.2, 0.25) is 0 Å². The standard InChI is InChI=1S/C18H16N2/c1-13(2)12-17-15-10-6-7-11-16(15)19-18(20-17)14-8-4-3-5-9-14/h3-11H,1,12H2,2H3. The van der Waals surface area contributed by atoms with E-state index in [9.17, 15) is 0 Å². The zero-order valence-electron chi connectivity index (χ0n) is 11.5. The number of rotatable bonds is 3. The zero-order valence-corrected chi connectivity index (χ0v) is 11.5. The third-order valence-electron chi connectivity index (χ3n) is 3.18. The van der Waals surface area contributed by atoms with Crippen molar-refractivity contribution in [3.63, 3.8) is 0 Å². The molecular weight excluding hydrogens is 244 g/mol. The van der Waals surface area contributed by atoms with E-state index in [-0.39, 0.29) is 0 Å². The van der Waals surface area contributed by atoms with Crippen molar-refractivity contribution in [3.8, 4) is 11.4 Å². The Morgan fingerprint density at radius 3 is 2.40 bits per heavy atom. The molecule has 0 spiro atoms. The average molecular weight is 260 g/mol. The number of aromatic nitrogens is 2. The lowest BCUT2D eigenvalue weighted by molar-refractivity contribution is 1.05. The lowest BCUT2D eigenvalue weighted by atomic mass is 10.1. The molecule has 1 heterocycles. The van der Waals surface area contributed by atoms with Crippen LogP contribution in [0.5, 0.6) is 0 Å². The molecule has 98 valence electrons. The van der Waals surface area contributed by atoms with Gasteiger partial charge in [0.05, 0.1) is 11.2 Å². The molecule has 0 N–H and O–H groups in total. The van der Waals surface area contributed by atoms with Gasteiger partial charge >= 0.3 is 0 Å². The third-order valence-corrected chi connectivity index (χ3v) is 3.18. The summed E-state index contributed by atoms with van der Waals surface area (Å²) in [5, 5.41) is 1.11. The SMILES string of the molecule is C=C(C)Cc1nc(-c2ccccc2)nc2ccccc12. The maximum Gasteiger partial charge on any atom is 0.160 e. The molecule has 20 heavy (non-hydrogen) atoms. The Morgan fingerprint density at radius 2 is 1.65 bits per heavy atom. The van der Waals surface area contributed by atoms with Crippen molar-refractivity contribution < 1.29 is 0 Å². The summed E-state index contributed by atoms with van der Waals surface area (Å²) in [5.74, 6) is 0.778. The molecule has 0 aliphatic rings. The summed E-state index contributed by atoms with van der Waals surface area (Å²) < 4.78 is 0. The second-order valence-corrected chi connectivity index (χ2v) is 5.01. The van der Waals surface area contributed by atoms with Crippen molar-refractivity contribution >= 4 is 10.9 Å². The quantitative estimate of drug-likeness (QED) is 0.652. The minimum Gasteiger partial charge on any atom is -0.232 e. The van der Waals surface area contributed by atoms with Crippen LogP contribution in [-0.4, -0.2) is 9.97 Å². The lowest BCUT2D eigenvalue weighted by Gasteiger charge is -2.08. The van der Waals surface area contributed by atoms with E-state index in [4.69, 9.17) is 4.98 Å². The Labute approximate surface area is 118 Å². The number of hydrogen-bond acceptors (Lipinski definition) is 2. The molecule has 0 aliphatic carbocycles. The van der Waals surface area contributed by atoms with Crippen molar-refractivity contribution in [2.75, 3.05) is 0 Å². The van der Waals surface area contributed by atoms with E-state index >= 15 is 0 Å². The van der Waals surface area contributed by atoms with Crippen molar-refractivity contribution in [3.05, 3.63) is 72.4 Å². The molecule has 2 nitrogen and oxygen atoms in total. The molecule has 3 rings (SSSR count). The molecule has 0 saturated heterocycles. The summed E-state index contributed by atoms with van der Waals surface area (Å²) in [4.78, 5) is 9.41. The van der Waals surface area contributed by atoms with Gasteiger partial charge in [-0.2, -0.15) is 0 Å². The molecule has 0 saturated carbocycles. The van der Waals surface area contributed by atoms with E-state index in [0.29, 0.717) is 0 Å². The number of allylic oxidation sites excluding steroid dienone is 1. The third kappa shape index (κ3) is 2.45. The van der Waals surface area contributed by atoms with Crippen LogP contribution in [-0.2, 0) is 6.42 Å². The van der Waals surface area contributed by atoms with Gasteiger partial charge in [0.15, 0.2) is 5.82 Å². The van der Waals surface area contributed by atoms with Crippen LogP contribution in [0.4, 0.5) is 0 Å². The number of fused-ring (bicyclic) bond motifs is 1. The van der Waals surface area contributed by atoms with E-state index in [1.165, 1.54) is 0 Å². The van der Waals surface area contributed by atoms with Crippen LogP contribution < -0.4 is 0 Å². The van der Waals surface area contributed by atoms with Gasteiger partial charge in [0, 0.05) is 17.4 Å². The minimum atomic E-state index is 0.778. The topological polar surface area (TPSA) is 25.8 Å². The Kier molecular flexibility index (Phi) is 3.30. The highest BCUT2D eigenvalue weighted by atomic mass is 14.9. The van der Waals surface area contributed by atoms with Crippen molar-refractivity contribution in [1.82, 2.24) is 9.97 Å². The number of para-hydroxylation sites is 1. The van der Waals surface area contributed by atoms with E-state index < -0.39 is 0 Å². The van der Waals surface area contributed by atoms with Gasteiger partial charge in [0.25, 0.3) is 0 Å². The molecular formula is C18H16N2. The first-order chi connectivity index (χ1) is 9.74. The van der Waals surface area contributed by atoms with Crippen LogP contribution in [0, 0.1) is 0 Å². The number of benzene rings is 2. The molecule has 2 heteroatoms. The second kappa shape index (κ2) is 5.25. The van der Waals surface area contributed by atoms with Crippen LogP contribution in [0.25, 0.3) is 22.3 Å². The van der Waals surface area contributed by atoms with Gasteiger partial charge in [-0.3, -0.25) is 0 Å². The molecule has 0 amide bonds. The number of nitrogens with zero attached hydrogens (tertiary/aromatic N) is 2. The predicted octanol–water partition coefficient (Wildman–Crippen LogP) is 4.42. The Morgan fingerprint density at radius 1 is 0.950 bits per heavy atom. The zero-order chi connectivity index (χ0) is 13.9. The van der Waals surface area contributed by atoms with E-state index in [0.717, 1.165) is 40.0 Å². The molecule has 0 radical (unpaired) electrons. The van der Waals surface area contributed by atoms with Crippen LogP contribution >= 0.6 is 0 Å². The van der Waals surface area contributed by atoms with Crippen molar-refractivity contribution in [2.24, 2.45) is 0 Å². The Bertz CT molecular complexity index is 761. The van der Waals surface area contributed by atoms with Crippen molar-refractivity contribution in [2.45, 2.75) is 13.3 Å². The summed E-state index contributed by atoms with van der Waals surface area (Å²) in [6.07, 6.45) is 0.781. The molecule has 1 aromatic heterocycles. The van der Waals surface area contributed by atoms with Gasteiger partial charge in [-0.25, -0.2) is 9.97 Å². The minimum absolute atomic E-state index is 0.778. The maximum absolute atomic E-state index is 4.74. The molecule has 0 fully saturated rings. The van der Waals surface area contributed by atoms with Crippen LogP contribution in [0.15, 0.2) is 66.7 Å². The Balaban J connectivity index is 2.22.